The Balaban J connectivity index is 0.00000280. The normalized spacial score (nSPS) is 10.4. The Labute approximate surface area is 171 Å². The molecule has 1 aromatic heterocycles. The summed E-state index contributed by atoms with van der Waals surface area (Å²) < 4.78 is 1.76. The number of rotatable bonds is 8. The molecule has 1 heterocycles. The maximum absolute atomic E-state index is 12.8. The van der Waals surface area contributed by atoms with E-state index in [1.807, 2.05) is 60.4 Å². The van der Waals surface area contributed by atoms with Crippen molar-refractivity contribution >= 4 is 18.3 Å². The second-order valence-electron chi connectivity index (χ2n) is 6.45. The molecule has 7 heteroatoms. The van der Waals surface area contributed by atoms with Gasteiger partial charge in [0.1, 0.15) is 0 Å². The molecule has 0 unspecified atom stereocenters. The van der Waals surface area contributed by atoms with Crippen LogP contribution < -0.4 is 5.73 Å². The van der Waals surface area contributed by atoms with Crippen LogP contribution in [0.1, 0.15) is 17.0 Å². The molecule has 3 rings (SSSR count). The third kappa shape index (κ3) is 5.41. The number of aromatic nitrogens is 3. The van der Waals surface area contributed by atoms with Crippen molar-refractivity contribution in [3.63, 3.8) is 0 Å². The summed E-state index contributed by atoms with van der Waals surface area (Å²) in [4.78, 5) is 14.6. The highest BCUT2D eigenvalue weighted by Crippen LogP contribution is 2.13. The monoisotopic (exact) mass is 399 g/mol. The molecular weight excluding hydrogens is 374 g/mol. The lowest BCUT2D eigenvalue weighted by atomic mass is 10.1. The number of halogens is 1. The third-order valence-electron chi connectivity index (χ3n) is 4.57. The minimum Gasteiger partial charge on any atom is -0.341 e. The van der Waals surface area contributed by atoms with E-state index in [-0.39, 0.29) is 24.7 Å². The van der Waals surface area contributed by atoms with Crippen LogP contribution in [0.3, 0.4) is 0 Å². The highest BCUT2D eigenvalue weighted by Gasteiger charge is 2.18. The molecule has 0 aliphatic rings. The average Bonchev–Trinajstić information content (AvgIpc) is 3.07. The van der Waals surface area contributed by atoms with E-state index in [1.165, 1.54) is 5.56 Å². The number of nitrogens with zero attached hydrogens (tertiary/aromatic N) is 4. The Bertz CT molecular complexity index is 867. The first-order chi connectivity index (χ1) is 13.2. The van der Waals surface area contributed by atoms with E-state index in [1.54, 1.807) is 4.68 Å². The summed E-state index contributed by atoms with van der Waals surface area (Å²) >= 11 is 0. The molecule has 0 atom stereocenters. The molecule has 0 bridgehead atoms. The minimum atomic E-state index is 0. The lowest BCUT2D eigenvalue weighted by Gasteiger charge is -2.22. The van der Waals surface area contributed by atoms with Crippen molar-refractivity contribution in [2.45, 2.75) is 19.8 Å². The smallest absolute Gasteiger partial charge is 0.228 e. The molecule has 0 radical (unpaired) electrons. The zero-order valence-electron chi connectivity index (χ0n) is 16.0. The fraction of sp³-hybridized carbons (Fsp3) is 0.286. The van der Waals surface area contributed by atoms with E-state index in [9.17, 15) is 4.79 Å². The summed E-state index contributed by atoms with van der Waals surface area (Å²) in [6.45, 7) is 3.56. The number of hydrogen-bond donors (Lipinski definition) is 1. The molecule has 0 saturated heterocycles. The van der Waals surface area contributed by atoms with E-state index >= 15 is 0 Å². The van der Waals surface area contributed by atoms with E-state index in [2.05, 4.69) is 22.4 Å². The van der Waals surface area contributed by atoms with Gasteiger partial charge in [-0.05, 0) is 31.0 Å². The van der Waals surface area contributed by atoms with Gasteiger partial charge in [0.15, 0.2) is 0 Å². The van der Waals surface area contributed by atoms with Gasteiger partial charge in [-0.2, -0.15) is 0 Å². The van der Waals surface area contributed by atoms with E-state index in [0.717, 1.165) is 17.8 Å². The highest BCUT2D eigenvalue weighted by molar-refractivity contribution is 5.85. The number of hydrogen-bond acceptors (Lipinski definition) is 4. The first-order valence-electron chi connectivity index (χ1n) is 9.17. The molecule has 148 valence electrons. The zero-order chi connectivity index (χ0) is 19.1. The second kappa shape index (κ2) is 10.6. The SMILES string of the molecule is Cc1c(CC(=O)N(CCN)CCc2ccccc2)nnn1-c1ccccc1.Cl. The molecule has 0 fully saturated rings. The maximum Gasteiger partial charge on any atom is 0.228 e. The largest absolute Gasteiger partial charge is 0.341 e. The number of carbonyl (C=O) groups excluding carboxylic acids is 1. The summed E-state index contributed by atoms with van der Waals surface area (Å²) in [5.41, 5.74) is 9.43. The Morgan fingerprint density at radius 3 is 2.32 bits per heavy atom. The standard InChI is InChI=1S/C21H25N5O.ClH/c1-17-20(23-24-26(17)19-10-6-3-7-11-19)16-21(27)25(15-13-22)14-12-18-8-4-2-5-9-18;/h2-11H,12-16,22H2,1H3;1H. The molecule has 28 heavy (non-hydrogen) atoms. The summed E-state index contributed by atoms with van der Waals surface area (Å²) in [6, 6.07) is 19.9. The number of benzene rings is 2. The van der Waals surface area contributed by atoms with Gasteiger partial charge in [-0.1, -0.05) is 53.7 Å². The fourth-order valence-corrected chi connectivity index (χ4v) is 3.02. The van der Waals surface area contributed by atoms with E-state index in [0.29, 0.717) is 25.3 Å². The van der Waals surface area contributed by atoms with Gasteiger partial charge in [-0.3, -0.25) is 4.79 Å². The van der Waals surface area contributed by atoms with Crippen molar-refractivity contribution in [1.29, 1.82) is 0 Å². The lowest BCUT2D eigenvalue weighted by molar-refractivity contribution is -0.130. The number of amides is 1. The van der Waals surface area contributed by atoms with Crippen LogP contribution in [0.15, 0.2) is 60.7 Å². The maximum atomic E-state index is 12.8. The van der Waals surface area contributed by atoms with Crippen molar-refractivity contribution in [3.05, 3.63) is 77.6 Å². The number of para-hydroxylation sites is 1. The van der Waals surface area contributed by atoms with Crippen LogP contribution in [-0.4, -0.2) is 45.4 Å². The van der Waals surface area contributed by atoms with Crippen molar-refractivity contribution in [2.24, 2.45) is 5.73 Å². The molecule has 0 aliphatic heterocycles. The summed E-state index contributed by atoms with van der Waals surface area (Å²) in [6.07, 6.45) is 1.04. The second-order valence-corrected chi connectivity index (χ2v) is 6.45. The van der Waals surface area contributed by atoms with Crippen LogP contribution in [0, 0.1) is 6.92 Å². The van der Waals surface area contributed by atoms with Crippen molar-refractivity contribution in [2.75, 3.05) is 19.6 Å². The Morgan fingerprint density at radius 1 is 1.04 bits per heavy atom. The minimum absolute atomic E-state index is 0. The Kier molecular flexibility index (Phi) is 8.17. The lowest BCUT2D eigenvalue weighted by Crippen LogP contribution is -2.38. The first-order valence-corrected chi connectivity index (χ1v) is 9.17. The van der Waals surface area contributed by atoms with Gasteiger partial charge in [-0.25, -0.2) is 4.68 Å². The first kappa shape index (κ1) is 21.6. The van der Waals surface area contributed by atoms with Crippen molar-refractivity contribution in [1.82, 2.24) is 19.9 Å². The topological polar surface area (TPSA) is 77.0 Å². The number of nitrogens with two attached hydrogens (primary N) is 1. The van der Waals surface area contributed by atoms with Crippen LogP contribution >= 0.6 is 12.4 Å². The van der Waals surface area contributed by atoms with Gasteiger partial charge in [0.05, 0.1) is 23.5 Å². The van der Waals surface area contributed by atoms with Gasteiger partial charge in [0.25, 0.3) is 0 Å². The molecule has 0 saturated carbocycles. The number of carbonyl (C=O) groups is 1. The molecule has 6 nitrogen and oxygen atoms in total. The van der Waals surface area contributed by atoms with Gasteiger partial charge in [-0.15, -0.1) is 17.5 Å². The van der Waals surface area contributed by atoms with Gasteiger partial charge < -0.3 is 10.6 Å². The summed E-state index contributed by atoms with van der Waals surface area (Å²) in [7, 11) is 0. The third-order valence-corrected chi connectivity index (χ3v) is 4.57. The molecule has 3 aromatic rings. The van der Waals surface area contributed by atoms with Crippen molar-refractivity contribution < 1.29 is 4.79 Å². The molecular formula is C21H26ClN5O. The van der Waals surface area contributed by atoms with Crippen molar-refractivity contribution in [3.8, 4) is 5.69 Å². The quantitative estimate of drug-likeness (QED) is 0.631. The Hall–Kier alpha value is -2.70. The molecule has 2 N–H and O–H groups in total. The van der Waals surface area contributed by atoms with Gasteiger partial charge in [0.2, 0.25) is 5.91 Å². The molecule has 1 amide bonds. The van der Waals surface area contributed by atoms with Crippen LogP contribution in [-0.2, 0) is 17.6 Å². The summed E-state index contributed by atoms with van der Waals surface area (Å²) in [5, 5.41) is 8.44. The Morgan fingerprint density at radius 2 is 1.68 bits per heavy atom. The molecule has 2 aromatic carbocycles. The summed E-state index contributed by atoms with van der Waals surface area (Å²) in [5.74, 6) is 0.0274. The van der Waals surface area contributed by atoms with Crippen LogP contribution in [0.2, 0.25) is 0 Å². The fourth-order valence-electron chi connectivity index (χ4n) is 3.02. The van der Waals surface area contributed by atoms with Crippen LogP contribution in [0.25, 0.3) is 5.69 Å². The predicted octanol–water partition coefficient (Wildman–Crippen LogP) is 2.57. The highest BCUT2D eigenvalue weighted by atomic mass is 35.5. The van der Waals surface area contributed by atoms with Gasteiger partial charge in [0, 0.05) is 19.6 Å². The average molecular weight is 400 g/mol. The van der Waals surface area contributed by atoms with Crippen LogP contribution in [0.4, 0.5) is 0 Å². The van der Waals surface area contributed by atoms with E-state index < -0.39 is 0 Å². The van der Waals surface area contributed by atoms with E-state index in [4.69, 9.17) is 5.73 Å². The molecule has 0 aliphatic carbocycles. The molecule has 0 spiro atoms. The van der Waals surface area contributed by atoms with Crippen LogP contribution in [0.5, 0.6) is 0 Å². The van der Waals surface area contributed by atoms with Gasteiger partial charge >= 0.3 is 0 Å². The predicted molar refractivity (Wildman–Crippen MR) is 113 cm³/mol. The zero-order valence-corrected chi connectivity index (χ0v) is 16.8.